The summed E-state index contributed by atoms with van der Waals surface area (Å²) in [5.74, 6) is 2.60. The summed E-state index contributed by atoms with van der Waals surface area (Å²) in [5, 5.41) is 3.07. The molecule has 2 atom stereocenters. The van der Waals surface area contributed by atoms with E-state index in [0.717, 1.165) is 18.7 Å². The molecule has 4 rings (SSSR count). The zero-order chi connectivity index (χ0) is 19.7. The van der Waals surface area contributed by atoms with Gasteiger partial charge in [-0.15, -0.1) is 0 Å². The number of hydrogen-bond acceptors (Lipinski definition) is 5. The van der Waals surface area contributed by atoms with Crippen LogP contribution >= 0.6 is 0 Å². The topological polar surface area (TPSA) is 70.5 Å². The molecule has 7 nitrogen and oxygen atoms in total. The van der Waals surface area contributed by atoms with Gasteiger partial charge in [-0.05, 0) is 35.9 Å². The molecule has 2 N–H and O–H groups in total. The molecule has 2 aliphatic rings. The van der Waals surface area contributed by atoms with Gasteiger partial charge in [0.2, 0.25) is 6.79 Å². The summed E-state index contributed by atoms with van der Waals surface area (Å²) < 4.78 is 21.6. The first-order chi connectivity index (χ1) is 13.6. The minimum absolute atomic E-state index is 0.126. The van der Waals surface area contributed by atoms with Gasteiger partial charge in [-0.25, -0.2) is 0 Å². The Hall–Kier alpha value is -2.93. The van der Waals surface area contributed by atoms with Crippen molar-refractivity contribution < 1.29 is 28.6 Å². The average molecular weight is 385 g/mol. The van der Waals surface area contributed by atoms with E-state index in [1.807, 2.05) is 12.1 Å². The Balaban J connectivity index is 1.52. The van der Waals surface area contributed by atoms with Gasteiger partial charge in [-0.1, -0.05) is 0 Å². The van der Waals surface area contributed by atoms with Crippen molar-refractivity contribution in [2.24, 2.45) is 0 Å². The van der Waals surface area contributed by atoms with Crippen LogP contribution in [-0.2, 0) is 6.42 Å². The Kier molecular flexibility index (Phi) is 5.00. The van der Waals surface area contributed by atoms with Crippen LogP contribution in [0.2, 0.25) is 0 Å². The van der Waals surface area contributed by atoms with Gasteiger partial charge in [-0.2, -0.15) is 0 Å². The van der Waals surface area contributed by atoms with Gasteiger partial charge < -0.3 is 29.2 Å². The monoisotopic (exact) mass is 385 g/mol. The molecular formula is C21H25N2O5+. The van der Waals surface area contributed by atoms with Gasteiger partial charge in [0.1, 0.15) is 6.04 Å². The Morgan fingerprint density at radius 3 is 2.68 bits per heavy atom. The van der Waals surface area contributed by atoms with Gasteiger partial charge >= 0.3 is 0 Å². The lowest BCUT2D eigenvalue weighted by atomic mass is 9.92. The number of benzene rings is 2. The van der Waals surface area contributed by atoms with E-state index >= 15 is 0 Å². The third-order valence-corrected chi connectivity index (χ3v) is 5.51. The van der Waals surface area contributed by atoms with Crippen molar-refractivity contribution in [1.82, 2.24) is 5.32 Å². The zero-order valence-electron chi connectivity index (χ0n) is 16.3. The van der Waals surface area contributed by atoms with Crippen LogP contribution in [0.3, 0.4) is 0 Å². The molecule has 2 aromatic carbocycles. The van der Waals surface area contributed by atoms with Gasteiger partial charge in [0.15, 0.2) is 23.0 Å². The first kappa shape index (κ1) is 18.4. The quantitative estimate of drug-likeness (QED) is 0.803. The predicted molar refractivity (Wildman–Crippen MR) is 103 cm³/mol. The Labute approximate surface area is 164 Å². The molecule has 148 valence electrons. The second-order valence-corrected chi connectivity index (χ2v) is 7.08. The molecule has 0 aliphatic carbocycles. The molecule has 0 fully saturated rings. The smallest absolute Gasteiger partial charge is 0.251 e. The number of carbonyl (C=O) groups is 1. The lowest BCUT2D eigenvalue weighted by molar-refractivity contribution is -0.913. The van der Waals surface area contributed by atoms with Crippen LogP contribution in [0, 0.1) is 0 Å². The van der Waals surface area contributed by atoms with Crippen molar-refractivity contribution in [2.75, 3.05) is 41.1 Å². The van der Waals surface area contributed by atoms with Crippen molar-refractivity contribution in [3.63, 3.8) is 0 Å². The Morgan fingerprint density at radius 1 is 1.14 bits per heavy atom. The fourth-order valence-corrected chi connectivity index (χ4v) is 3.87. The number of rotatable bonds is 5. The summed E-state index contributed by atoms with van der Waals surface area (Å²) in [4.78, 5) is 14.0. The maximum absolute atomic E-state index is 12.7. The standard InChI is InChI=1S/C21H24N2O5/c1-23-7-6-13-8-18(25-2)19(26-3)10-15(13)16(23)11-22-21(24)14-4-5-17-20(9-14)28-12-27-17/h4-5,8-10,16H,6-7,11-12H2,1-3H3,(H,22,24)/p+1/t16-/m0/s1. The molecule has 0 aromatic heterocycles. The van der Waals surface area contributed by atoms with Crippen LogP contribution < -0.4 is 29.2 Å². The fourth-order valence-electron chi connectivity index (χ4n) is 3.87. The number of quaternary nitrogens is 1. The van der Waals surface area contributed by atoms with Gasteiger partial charge in [0, 0.05) is 17.5 Å². The SMILES string of the molecule is COc1cc2c(cc1OC)[C@H](CNC(=O)c1ccc3c(c1)OCO3)[NH+](C)CC2. The highest BCUT2D eigenvalue weighted by molar-refractivity contribution is 5.95. The number of fused-ring (bicyclic) bond motifs is 2. The first-order valence-electron chi connectivity index (χ1n) is 9.35. The zero-order valence-corrected chi connectivity index (χ0v) is 16.3. The summed E-state index contributed by atoms with van der Waals surface area (Å²) in [6, 6.07) is 9.46. The van der Waals surface area contributed by atoms with E-state index in [2.05, 4.69) is 12.4 Å². The number of ether oxygens (including phenoxy) is 4. The maximum atomic E-state index is 12.7. The van der Waals surface area contributed by atoms with Gasteiger partial charge in [-0.3, -0.25) is 4.79 Å². The first-order valence-corrected chi connectivity index (χ1v) is 9.35. The summed E-state index contributed by atoms with van der Waals surface area (Å²) in [7, 11) is 5.44. The van der Waals surface area contributed by atoms with E-state index in [-0.39, 0.29) is 18.7 Å². The van der Waals surface area contributed by atoms with E-state index in [1.165, 1.54) is 16.0 Å². The van der Waals surface area contributed by atoms with Gasteiger partial charge in [0.05, 0.1) is 34.4 Å². The average Bonchev–Trinajstić information content (AvgIpc) is 3.19. The molecule has 7 heteroatoms. The van der Waals surface area contributed by atoms with Crippen LogP contribution in [-0.4, -0.2) is 47.1 Å². The molecule has 0 saturated carbocycles. The van der Waals surface area contributed by atoms with Crippen molar-refractivity contribution in [3.8, 4) is 23.0 Å². The van der Waals surface area contributed by atoms with Crippen LogP contribution in [0.4, 0.5) is 0 Å². The van der Waals surface area contributed by atoms with E-state index in [4.69, 9.17) is 18.9 Å². The molecule has 1 unspecified atom stereocenters. The number of amides is 1. The molecule has 2 aliphatic heterocycles. The lowest BCUT2D eigenvalue weighted by Crippen LogP contribution is -3.11. The van der Waals surface area contributed by atoms with Crippen molar-refractivity contribution in [1.29, 1.82) is 0 Å². The second kappa shape index (κ2) is 7.59. The highest BCUT2D eigenvalue weighted by Gasteiger charge is 2.30. The minimum Gasteiger partial charge on any atom is -0.493 e. The maximum Gasteiger partial charge on any atom is 0.251 e. The third kappa shape index (κ3) is 3.33. The number of carbonyl (C=O) groups excluding carboxylic acids is 1. The third-order valence-electron chi connectivity index (χ3n) is 5.51. The molecule has 0 radical (unpaired) electrons. The molecule has 0 saturated heterocycles. The highest BCUT2D eigenvalue weighted by atomic mass is 16.7. The van der Waals surface area contributed by atoms with Crippen molar-refractivity contribution in [3.05, 3.63) is 47.0 Å². The number of likely N-dealkylation sites (N-methyl/N-ethyl adjacent to an activating group) is 1. The summed E-state index contributed by atoms with van der Waals surface area (Å²) >= 11 is 0. The van der Waals surface area contributed by atoms with Crippen LogP contribution in [0.15, 0.2) is 30.3 Å². The summed E-state index contributed by atoms with van der Waals surface area (Å²) in [5.41, 5.74) is 2.99. The summed E-state index contributed by atoms with van der Waals surface area (Å²) in [6.45, 7) is 1.72. The normalized spacial score (nSPS) is 19.7. The Bertz CT molecular complexity index is 899. The van der Waals surface area contributed by atoms with Crippen molar-refractivity contribution in [2.45, 2.75) is 12.5 Å². The molecule has 2 aromatic rings. The minimum atomic E-state index is -0.126. The molecule has 2 heterocycles. The second-order valence-electron chi connectivity index (χ2n) is 7.08. The molecule has 0 bridgehead atoms. The lowest BCUT2D eigenvalue weighted by Gasteiger charge is -2.32. The van der Waals surface area contributed by atoms with E-state index in [1.54, 1.807) is 32.4 Å². The highest BCUT2D eigenvalue weighted by Crippen LogP contribution is 2.34. The number of hydrogen-bond donors (Lipinski definition) is 2. The van der Waals surface area contributed by atoms with E-state index < -0.39 is 0 Å². The van der Waals surface area contributed by atoms with Crippen molar-refractivity contribution >= 4 is 5.91 Å². The molecule has 1 amide bonds. The Morgan fingerprint density at radius 2 is 1.89 bits per heavy atom. The largest absolute Gasteiger partial charge is 0.493 e. The van der Waals surface area contributed by atoms with Crippen LogP contribution in [0.1, 0.15) is 27.5 Å². The van der Waals surface area contributed by atoms with E-state index in [9.17, 15) is 4.79 Å². The summed E-state index contributed by atoms with van der Waals surface area (Å²) in [6.07, 6.45) is 0.966. The van der Waals surface area contributed by atoms with Crippen LogP contribution in [0.25, 0.3) is 0 Å². The fraction of sp³-hybridized carbons (Fsp3) is 0.381. The molecule has 0 spiro atoms. The number of nitrogens with one attached hydrogen (secondary N) is 2. The molecular weight excluding hydrogens is 360 g/mol. The molecule has 28 heavy (non-hydrogen) atoms. The van der Waals surface area contributed by atoms with E-state index in [0.29, 0.717) is 29.4 Å². The van der Waals surface area contributed by atoms with Gasteiger partial charge in [0.25, 0.3) is 5.91 Å². The predicted octanol–water partition coefficient (Wildman–Crippen LogP) is 0.974. The number of methoxy groups -OCH3 is 2. The van der Waals surface area contributed by atoms with Crippen LogP contribution in [0.5, 0.6) is 23.0 Å².